The average Bonchev–Trinajstić information content (AvgIpc) is 2.28. The van der Waals surface area contributed by atoms with Gasteiger partial charge in [0.05, 0.1) is 5.69 Å². The quantitative estimate of drug-likeness (QED) is 0.730. The van der Waals surface area contributed by atoms with Crippen LogP contribution in [0.1, 0.15) is 25.8 Å². The summed E-state index contributed by atoms with van der Waals surface area (Å²) in [6.07, 6.45) is 1.92. The number of fused-ring (bicyclic) bond motifs is 1. The van der Waals surface area contributed by atoms with Crippen LogP contribution in [0.15, 0.2) is 18.2 Å². The lowest BCUT2D eigenvalue weighted by Gasteiger charge is -2.30. The summed E-state index contributed by atoms with van der Waals surface area (Å²) in [6, 6.07) is 5.86. The summed E-state index contributed by atoms with van der Waals surface area (Å²) in [5, 5.41) is 2.92. The topological polar surface area (TPSA) is 58.4 Å². The Morgan fingerprint density at radius 2 is 2.24 bits per heavy atom. The molecule has 0 fully saturated rings. The summed E-state index contributed by atoms with van der Waals surface area (Å²) in [7, 11) is 0. The summed E-state index contributed by atoms with van der Waals surface area (Å²) in [6.45, 7) is 4.68. The molecule has 0 aromatic heterocycles. The minimum atomic E-state index is -0.0356. The van der Waals surface area contributed by atoms with Crippen molar-refractivity contribution in [3.05, 3.63) is 23.8 Å². The standard InChI is InChI=1S/C13H19N3O/c1-9(2)15-13(17)16-8-4-5-10-11(14)6-3-7-12(10)16/h3,6-7,9H,4-5,8,14H2,1-2H3,(H,15,17). The van der Waals surface area contributed by atoms with Crippen molar-refractivity contribution < 1.29 is 4.79 Å². The van der Waals surface area contributed by atoms with Gasteiger partial charge >= 0.3 is 6.03 Å². The van der Waals surface area contributed by atoms with E-state index in [0.29, 0.717) is 0 Å². The van der Waals surface area contributed by atoms with Crippen LogP contribution in [0.4, 0.5) is 16.2 Å². The van der Waals surface area contributed by atoms with E-state index < -0.39 is 0 Å². The number of benzene rings is 1. The van der Waals surface area contributed by atoms with Crippen molar-refractivity contribution in [2.24, 2.45) is 0 Å². The second-order valence-corrected chi connectivity index (χ2v) is 4.70. The van der Waals surface area contributed by atoms with Crippen molar-refractivity contribution in [1.82, 2.24) is 5.32 Å². The highest BCUT2D eigenvalue weighted by Gasteiger charge is 2.23. The van der Waals surface area contributed by atoms with Crippen molar-refractivity contribution in [3.8, 4) is 0 Å². The SMILES string of the molecule is CC(C)NC(=O)N1CCCc2c(N)cccc21. The van der Waals surface area contributed by atoms with Crippen molar-refractivity contribution in [1.29, 1.82) is 0 Å². The number of carbonyl (C=O) groups is 1. The zero-order valence-corrected chi connectivity index (χ0v) is 10.4. The Labute approximate surface area is 102 Å². The van der Waals surface area contributed by atoms with Gasteiger partial charge in [-0.05, 0) is 44.4 Å². The molecule has 0 aliphatic carbocycles. The monoisotopic (exact) mass is 233 g/mol. The molecule has 0 atom stereocenters. The van der Waals surface area contributed by atoms with Crippen LogP contribution in [0.25, 0.3) is 0 Å². The molecule has 1 aromatic rings. The lowest BCUT2D eigenvalue weighted by atomic mass is 10.0. The van der Waals surface area contributed by atoms with Gasteiger partial charge < -0.3 is 11.1 Å². The van der Waals surface area contributed by atoms with Gasteiger partial charge in [0, 0.05) is 18.3 Å². The smallest absolute Gasteiger partial charge is 0.322 e. The Kier molecular flexibility index (Phi) is 3.22. The Balaban J connectivity index is 2.29. The molecule has 0 spiro atoms. The highest BCUT2D eigenvalue weighted by atomic mass is 16.2. The summed E-state index contributed by atoms with van der Waals surface area (Å²) in [5.41, 5.74) is 8.78. The van der Waals surface area contributed by atoms with Gasteiger partial charge in [-0.2, -0.15) is 0 Å². The predicted molar refractivity (Wildman–Crippen MR) is 70.2 cm³/mol. The Hall–Kier alpha value is -1.71. The van der Waals surface area contributed by atoms with E-state index in [9.17, 15) is 4.79 Å². The Bertz CT molecular complexity index is 429. The van der Waals surface area contributed by atoms with Gasteiger partial charge in [0.2, 0.25) is 0 Å². The molecule has 2 rings (SSSR count). The molecule has 4 heteroatoms. The molecule has 17 heavy (non-hydrogen) atoms. The maximum atomic E-state index is 12.1. The third kappa shape index (κ3) is 2.35. The molecule has 0 bridgehead atoms. The third-order valence-corrected chi connectivity index (χ3v) is 2.94. The van der Waals surface area contributed by atoms with Crippen molar-refractivity contribution in [2.75, 3.05) is 17.2 Å². The molecule has 3 N–H and O–H groups in total. The highest BCUT2D eigenvalue weighted by molar-refractivity contribution is 5.94. The number of nitrogen functional groups attached to an aromatic ring is 1. The summed E-state index contributed by atoms with van der Waals surface area (Å²) in [4.78, 5) is 13.8. The first kappa shape index (κ1) is 11.8. The Morgan fingerprint density at radius 3 is 2.94 bits per heavy atom. The van der Waals surface area contributed by atoms with Crippen LogP contribution in [0.2, 0.25) is 0 Å². The zero-order valence-electron chi connectivity index (χ0n) is 10.4. The minimum absolute atomic E-state index is 0.0356. The van der Waals surface area contributed by atoms with E-state index in [1.165, 1.54) is 0 Å². The zero-order chi connectivity index (χ0) is 12.4. The normalized spacial score (nSPS) is 14.6. The van der Waals surface area contributed by atoms with Crippen LogP contribution in [0, 0.1) is 0 Å². The lowest BCUT2D eigenvalue weighted by Crippen LogP contribution is -2.45. The van der Waals surface area contributed by atoms with E-state index in [1.54, 1.807) is 4.90 Å². The molecule has 92 valence electrons. The number of hydrogen-bond acceptors (Lipinski definition) is 2. The fourth-order valence-corrected chi connectivity index (χ4v) is 2.19. The number of nitrogens with one attached hydrogen (secondary N) is 1. The molecule has 0 saturated carbocycles. The first-order chi connectivity index (χ1) is 8.09. The second kappa shape index (κ2) is 4.65. The number of nitrogens with zero attached hydrogens (tertiary/aromatic N) is 1. The molecule has 0 saturated heterocycles. The largest absolute Gasteiger partial charge is 0.398 e. The van der Waals surface area contributed by atoms with Gasteiger partial charge in [0.25, 0.3) is 0 Å². The number of urea groups is 1. The van der Waals surface area contributed by atoms with Gasteiger partial charge in [-0.3, -0.25) is 4.90 Å². The van der Waals surface area contributed by atoms with Crippen molar-refractivity contribution in [2.45, 2.75) is 32.7 Å². The van der Waals surface area contributed by atoms with E-state index >= 15 is 0 Å². The Morgan fingerprint density at radius 1 is 1.47 bits per heavy atom. The summed E-state index contributed by atoms with van der Waals surface area (Å²) >= 11 is 0. The van der Waals surface area contributed by atoms with E-state index in [0.717, 1.165) is 36.3 Å². The van der Waals surface area contributed by atoms with Crippen LogP contribution in [-0.4, -0.2) is 18.6 Å². The van der Waals surface area contributed by atoms with Gasteiger partial charge in [0.1, 0.15) is 0 Å². The number of nitrogens with two attached hydrogens (primary N) is 1. The average molecular weight is 233 g/mol. The van der Waals surface area contributed by atoms with Crippen LogP contribution < -0.4 is 16.0 Å². The van der Waals surface area contributed by atoms with E-state index in [-0.39, 0.29) is 12.1 Å². The minimum Gasteiger partial charge on any atom is -0.398 e. The number of anilines is 2. The first-order valence-corrected chi connectivity index (χ1v) is 6.05. The maximum absolute atomic E-state index is 12.1. The molecule has 4 nitrogen and oxygen atoms in total. The van der Waals surface area contributed by atoms with E-state index in [2.05, 4.69) is 5.32 Å². The highest BCUT2D eigenvalue weighted by Crippen LogP contribution is 2.31. The summed E-state index contributed by atoms with van der Waals surface area (Å²) in [5.74, 6) is 0. The predicted octanol–water partition coefficient (Wildman–Crippen LogP) is 2.14. The molecular weight excluding hydrogens is 214 g/mol. The van der Waals surface area contributed by atoms with E-state index in [1.807, 2.05) is 32.0 Å². The van der Waals surface area contributed by atoms with Crippen LogP contribution in [-0.2, 0) is 6.42 Å². The van der Waals surface area contributed by atoms with Crippen LogP contribution >= 0.6 is 0 Å². The number of amides is 2. The van der Waals surface area contributed by atoms with Crippen LogP contribution in [0.3, 0.4) is 0 Å². The fraction of sp³-hybridized carbons (Fsp3) is 0.462. The molecule has 1 aliphatic heterocycles. The number of carbonyl (C=O) groups excluding carboxylic acids is 1. The molecule has 0 unspecified atom stereocenters. The van der Waals surface area contributed by atoms with Crippen molar-refractivity contribution in [3.63, 3.8) is 0 Å². The molecule has 1 aromatic carbocycles. The third-order valence-electron chi connectivity index (χ3n) is 2.94. The second-order valence-electron chi connectivity index (χ2n) is 4.70. The first-order valence-electron chi connectivity index (χ1n) is 6.05. The molecular formula is C13H19N3O. The van der Waals surface area contributed by atoms with Crippen LogP contribution in [0.5, 0.6) is 0 Å². The number of rotatable bonds is 1. The summed E-state index contributed by atoms with van der Waals surface area (Å²) < 4.78 is 0. The lowest BCUT2D eigenvalue weighted by molar-refractivity contribution is 0.243. The van der Waals surface area contributed by atoms with Gasteiger partial charge in [-0.15, -0.1) is 0 Å². The van der Waals surface area contributed by atoms with Gasteiger partial charge in [0.15, 0.2) is 0 Å². The maximum Gasteiger partial charge on any atom is 0.322 e. The number of hydrogen-bond donors (Lipinski definition) is 2. The van der Waals surface area contributed by atoms with Gasteiger partial charge in [-0.1, -0.05) is 6.07 Å². The van der Waals surface area contributed by atoms with Gasteiger partial charge in [-0.25, -0.2) is 4.79 Å². The van der Waals surface area contributed by atoms with Crippen molar-refractivity contribution >= 4 is 17.4 Å². The molecule has 1 heterocycles. The molecule has 2 amide bonds. The molecule has 1 aliphatic rings. The molecule has 0 radical (unpaired) electrons. The fourth-order valence-electron chi connectivity index (χ4n) is 2.19. The van der Waals surface area contributed by atoms with E-state index in [4.69, 9.17) is 5.73 Å².